The van der Waals surface area contributed by atoms with Gasteiger partial charge in [-0.1, -0.05) is 40.5 Å². The number of carboxylic acids is 2. The van der Waals surface area contributed by atoms with Crippen molar-refractivity contribution in [1.29, 1.82) is 0 Å². The molecule has 0 aromatic carbocycles. The number of nitrogens with one attached hydrogen (secondary N) is 1. The number of rotatable bonds is 14. The minimum absolute atomic E-state index is 0.0181. The van der Waals surface area contributed by atoms with Crippen LogP contribution in [0.25, 0.3) is 0 Å². The number of hydrogen-bond acceptors (Lipinski definition) is 19. The summed E-state index contributed by atoms with van der Waals surface area (Å²) in [6.07, 6.45) is 0.495. The molecule has 5 amide bonds. The Balaban J connectivity index is -0.000000317. The highest BCUT2D eigenvalue weighted by Gasteiger charge is 2.33. The fraction of sp³-hybridized carbons (Fsp3) is 0.531. The predicted octanol–water partition coefficient (Wildman–Crippen LogP) is -1.01. The van der Waals surface area contributed by atoms with E-state index in [-0.39, 0.29) is 41.9 Å². The smallest absolute Gasteiger partial charge is 0.359 e. The fourth-order valence-corrected chi connectivity index (χ4v) is 4.22. The average molecular weight is 908 g/mol. The first kappa shape index (κ1) is 60.7. The van der Waals surface area contributed by atoms with Crippen LogP contribution in [0.15, 0.2) is 36.5 Å². The van der Waals surface area contributed by atoms with Crippen molar-refractivity contribution in [2.45, 2.75) is 79.3 Å². The quantitative estimate of drug-likeness (QED) is 0.0458. The van der Waals surface area contributed by atoms with Crippen LogP contribution in [-0.2, 0) is 68.2 Å². The lowest BCUT2D eigenvalue weighted by atomic mass is 10.3. The van der Waals surface area contributed by atoms with Gasteiger partial charge in [-0.05, 0) is 52.0 Å². The molecule has 0 bridgehead atoms. The summed E-state index contributed by atoms with van der Waals surface area (Å²) in [4.78, 5) is 101. The number of allylic oxidation sites excluding steroid dienone is 1. The van der Waals surface area contributed by atoms with E-state index < -0.39 is 96.5 Å². The fourth-order valence-electron chi connectivity index (χ4n) is 3.01. The summed E-state index contributed by atoms with van der Waals surface area (Å²) >= 11 is 4.87. The van der Waals surface area contributed by atoms with Crippen LogP contribution in [0.1, 0.15) is 67.2 Å². The first-order valence-corrected chi connectivity index (χ1v) is 20.1. The van der Waals surface area contributed by atoms with Crippen LogP contribution in [0.3, 0.4) is 0 Å². The lowest BCUT2D eigenvalue weighted by Crippen LogP contribution is -2.45. The second-order valence-electron chi connectivity index (χ2n) is 11.6. The summed E-state index contributed by atoms with van der Waals surface area (Å²) in [7, 11) is -9.24. The minimum atomic E-state index is -4.71. The van der Waals surface area contributed by atoms with Gasteiger partial charge in [0.15, 0.2) is 0 Å². The summed E-state index contributed by atoms with van der Waals surface area (Å²) in [5, 5.41) is 27.0. The Hall–Kier alpha value is -4.96. The van der Waals surface area contributed by atoms with Crippen LogP contribution in [0.4, 0.5) is 0 Å². The second-order valence-corrected chi connectivity index (χ2v) is 14.8. The Morgan fingerprint density at radius 3 is 1.31 bits per heavy atom. The molecule has 2 unspecified atom stereocenters. The van der Waals surface area contributed by atoms with Gasteiger partial charge in [0.1, 0.15) is 12.1 Å². The summed E-state index contributed by atoms with van der Waals surface area (Å²) in [6, 6.07) is -3.38. The standard InChI is InChI=1S/C8H9NO4.C7H11NO6S.C6H15N.C4H5ClO.C4H5NO3.C3H7NO5S/c1-5(2)8(12)13-9-6(10)3-4-7(9)11;1-4(2)6(9)8-5(7(10)11)3-15(12,13)14;1-4-7(5-2)6-3;1-3(2)4(5)6;6-3-1-2-4(7)5(3)8;4-2(3(5)6)1-10(7,8)9/h1,3-4H2,2H3;5H,1,3H2,2H3,(H,8,9)(H,10,11)(H,12,13,14);4-6H2,1-3H3;1H2,2H3;8H,1-2H2;2H,1,4H2,(H,5,6)(H,7,8,9)/p-2. The van der Waals surface area contributed by atoms with E-state index in [9.17, 15) is 69.1 Å². The molecule has 2 atom stereocenters. The molecule has 2 aliphatic heterocycles. The van der Waals surface area contributed by atoms with Crippen LogP contribution in [0, 0.1) is 0 Å². The van der Waals surface area contributed by atoms with Gasteiger partial charge in [-0.15, -0.1) is 5.06 Å². The highest BCUT2D eigenvalue weighted by Crippen LogP contribution is 2.13. The van der Waals surface area contributed by atoms with Gasteiger partial charge in [0.2, 0.25) is 11.1 Å². The van der Waals surface area contributed by atoms with E-state index in [0.29, 0.717) is 10.6 Å². The number of carboxylic acid groups (broad SMARTS) is 2. The van der Waals surface area contributed by atoms with E-state index in [1.807, 2.05) is 5.32 Å². The Morgan fingerprint density at radius 1 is 0.763 bits per heavy atom. The van der Waals surface area contributed by atoms with Gasteiger partial charge >= 0.3 is 17.9 Å². The van der Waals surface area contributed by atoms with Crippen molar-refractivity contribution in [3.05, 3.63) is 36.5 Å². The number of hydroxylamine groups is 4. The zero-order valence-electron chi connectivity index (χ0n) is 33.1. The van der Waals surface area contributed by atoms with Crippen LogP contribution >= 0.6 is 11.6 Å². The highest BCUT2D eigenvalue weighted by atomic mass is 35.5. The molecule has 0 aromatic rings. The van der Waals surface area contributed by atoms with Gasteiger partial charge < -0.3 is 40.1 Å². The molecule has 0 aromatic heterocycles. The van der Waals surface area contributed by atoms with Gasteiger partial charge in [0.25, 0.3) is 23.6 Å². The monoisotopic (exact) mass is 907 g/mol. The molecule has 2 aliphatic rings. The topological polar surface area (TPSA) is 386 Å². The Morgan fingerprint density at radius 2 is 1.12 bits per heavy atom. The number of aliphatic carboxylic acids is 2. The molecule has 59 heavy (non-hydrogen) atoms. The molecule has 0 saturated carbocycles. The molecule has 2 heterocycles. The van der Waals surface area contributed by atoms with E-state index in [1.165, 1.54) is 33.5 Å². The summed E-state index contributed by atoms with van der Waals surface area (Å²) in [6.45, 7) is 24.3. The Bertz CT molecular complexity index is 1730. The number of halogens is 1. The van der Waals surface area contributed by atoms with Crippen LogP contribution in [0.5, 0.6) is 0 Å². The largest absolute Gasteiger partial charge is 0.748 e. The maximum absolute atomic E-state index is 11.0. The third-order valence-electron chi connectivity index (χ3n) is 6.29. The van der Waals surface area contributed by atoms with Crippen LogP contribution in [-0.4, -0.2) is 152 Å². The number of nitrogens with zero attached hydrogens (tertiary/aromatic N) is 3. The van der Waals surface area contributed by atoms with Crippen molar-refractivity contribution in [3.8, 4) is 0 Å². The average Bonchev–Trinajstić information content (AvgIpc) is 3.58. The van der Waals surface area contributed by atoms with Gasteiger partial charge in [0.05, 0.1) is 31.7 Å². The molecule has 2 rings (SSSR count). The van der Waals surface area contributed by atoms with E-state index in [4.69, 9.17) is 32.8 Å². The molecule has 0 aliphatic carbocycles. The number of nitrogens with two attached hydrogens (primary N) is 1. The van der Waals surface area contributed by atoms with Crippen molar-refractivity contribution in [3.63, 3.8) is 0 Å². The van der Waals surface area contributed by atoms with Gasteiger partial charge in [-0.25, -0.2) is 26.4 Å². The molecular formula is C32H50ClN5O19S2-2. The lowest BCUT2D eigenvalue weighted by Gasteiger charge is -2.16. The van der Waals surface area contributed by atoms with Gasteiger partial charge in [-0.2, -0.15) is 5.06 Å². The zero-order chi connectivity index (χ0) is 47.6. The van der Waals surface area contributed by atoms with E-state index in [2.05, 4.69) is 50.2 Å². The van der Waals surface area contributed by atoms with Crippen molar-refractivity contribution in [2.24, 2.45) is 5.73 Å². The molecule has 27 heteroatoms. The third kappa shape index (κ3) is 32.7. The predicted molar refractivity (Wildman–Crippen MR) is 203 cm³/mol. The highest BCUT2D eigenvalue weighted by molar-refractivity contribution is 7.86. The van der Waals surface area contributed by atoms with Crippen molar-refractivity contribution < 1.29 is 89.3 Å². The van der Waals surface area contributed by atoms with E-state index in [1.54, 1.807) is 6.92 Å². The first-order valence-electron chi connectivity index (χ1n) is 16.6. The number of hydrogen-bond donors (Lipinski definition) is 5. The second kappa shape index (κ2) is 30.1. The van der Waals surface area contributed by atoms with Crippen LogP contribution in [0.2, 0.25) is 0 Å². The first-order chi connectivity index (χ1) is 26.7. The summed E-state index contributed by atoms with van der Waals surface area (Å²) < 4.78 is 60.5. The molecule has 24 nitrogen and oxygen atoms in total. The van der Waals surface area contributed by atoms with Gasteiger partial charge in [0, 0.05) is 42.4 Å². The zero-order valence-corrected chi connectivity index (χ0v) is 35.5. The summed E-state index contributed by atoms with van der Waals surface area (Å²) in [5.74, 6) is -8.91. The number of imide groups is 2. The van der Waals surface area contributed by atoms with Gasteiger partial charge in [-0.3, -0.25) is 38.8 Å². The molecule has 6 N–H and O–H groups in total. The lowest BCUT2D eigenvalue weighted by molar-refractivity contribution is -0.194. The maximum atomic E-state index is 11.0. The number of carbonyl (C=O) groups excluding carboxylic acids is 7. The molecular weight excluding hydrogens is 858 g/mol. The van der Waals surface area contributed by atoms with Crippen LogP contribution < -0.4 is 11.1 Å². The Labute approximate surface area is 346 Å². The van der Waals surface area contributed by atoms with Crippen molar-refractivity contribution in [1.82, 2.24) is 20.3 Å². The molecule has 0 radical (unpaired) electrons. The Kier molecular flexibility index (Phi) is 31.0. The minimum Gasteiger partial charge on any atom is -0.748 e. The SMILES string of the molecule is C=C(C)C(=O)Cl.C=C(C)C(=O)NC(CS(=O)(=O)[O-])C(=O)O.C=C(C)C(=O)ON1C(=O)CCC1=O.CCN(CC)CC.NC(CS(=O)(=O)[O-])C(=O)O.O=C1CCC(=O)N1O. The molecule has 0 spiro atoms. The normalized spacial score (nSPS) is 14.1. The van der Waals surface area contributed by atoms with Crippen molar-refractivity contribution >= 4 is 84.5 Å². The number of carbonyl (C=O) groups is 9. The molecule has 2 fully saturated rings. The van der Waals surface area contributed by atoms with Crippen molar-refractivity contribution in [2.75, 3.05) is 31.1 Å². The van der Waals surface area contributed by atoms with E-state index >= 15 is 0 Å². The maximum Gasteiger partial charge on any atom is 0.359 e. The van der Waals surface area contributed by atoms with E-state index in [0.717, 1.165) is 0 Å². The number of amides is 5. The summed E-state index contributed by atoms with van der Waals surface area (Å²) in [5.41, 5.74) is 5.27. The molecule has 2 saturated heterocycles. The third-order valence-corrected chi connectivity index (χ3v) is 8.13. The molecule has 338 valence electrons.